The number of benzene rings is 1. The molecule has 1 fully saturated rings. The molecule has 0 heterocycles. The van der Waals surface area contributed by atoms with Gasteiger partial charge in [0.2, 0.25) is 5.91 Å². The van der Waals surface area contributed by atoms with Crippen LogP contribution in [0.25, 0.3) is 0 Å². The van der Waals surface area contributed by atoms with E-state index in [2.05, 4.69) is 12.2 Å². The lowest BCUT2D eigenvalue weighted by Gasteiger charge is -2.35. The molecule has 0 saturated heterocycles. The third-order valence-electron chi connectivity index (χ3n) is 4.24. The Labute approximate surface area is 127 Å². The predicted molar refractivity (Wildman–Crippen MR) is 85.5 cm³/mol. The van der Waals surface area contributed by atoms with Gasteiger partial charge in [-0.15, -0.1) is 0 Å². The number of anilines is 1. The first kappa shape index (κ1) is 15.8. The van der Waals surface area contributed by atoms with Crippen molar-refractivity contribution in [1.29, 1.82) is 0 Å². The van der Waals surface area contributed by atoms with Crippen LogP contribution in [0.15, 0.2) is 18.2 Å². The van der Waals surface area contributed by atoms with Gasteiger partial charge in [0.1, 0.15) is 5.75 Å². The minimum atomic E-state index is -0.733. The van der Waals surface area contributed by atoms with Gasteiger partial charge in [-0.25, -0.2) is 0 Å². The maximum Gasteiger partial charge on any atom is 0.244 e. The highest BCUT2D eigenvalue weighted by molar-refractivity contribution is 5.98. The van der Waals surface area contributed by atoms with E-state index in [-0.39, 0.29) is 5.91 Å². The number of ether oxygens (including phenoxy) is 1. The van der Waals surface area contributed by atoms with Crippen LogP contribution < -0.4 is 15.8 Å². The molecule has 2 unspecified atom stereocenters. The molecule has 0 spiro atoms. The Morgan fingerprint density at radius 2 is 2.29 bits per heavy atom. The van der Waals surface area contributed by atoms with Crippen LogP contribution >= 0.6 is 0 Å². The lowest BCUT2D eigenvalue weighted by Crippen LogP contribution is -2.53. The van der Waals surface area contributed by atoms with Gasteiger partial charge in [0.15, 0.2) is 0 Å². The summed E-state index contributed by atoms with van der Waals surface area (Å²) < 4.78 is 5.46. The summed E-state index contributed by atoms with van der Waals surface area (Å²) in [7, 11) is 0. The Kier molecular flexibility index (Phi) is 4.88. The van der Waals surface area contributed by atoms with Crippen LogP contribution in [-0.4, -0.2) is 18.1 Å². The molecular weight excluding hydrogens is 264 g/mol. The van der Waals surface area contributed by atoms with Crippen LogP contribution in [-0.2, 0) is 4.79 Å². The average molecular weight is 290 g/mol. The van der Waals surface area contributed by atoms with Crippen molar-refractivity contribution in [1.82, 2.24) is 0 Å². The van der Waals surface area contributed by atoms with Crippen LogP contribution in [0, 0.1) is 12.8 Å². The molecule has 1 aromatic rings. The monoisotopic (exact) mass is 290 g/mol. The Bertz CT molecular complexity index is 516. The Morgan fingerprint density at radius 3 is 2.90 bits per heavy atom. The molecule has 3 N–H and O–H groups in total. The van der Waals surface area contributed by atoms with Crippen molar-refractivity contribution in [3.8, 4) is 5.75 Å². The van der Waals surface area contributed by atoms with E-state index in [4.69, 9.17) is 10.5 Å². The number of amides is 1. The minimum absolute atomic E-state index is 0.0682. The summed E-state index contributed by atoms with van der Waals surface area (Å²) in [5.41, 5.74) is 7.40. The van der Waals surface area contributed by atoms with Gasteiger partial charge in [-0.3, -0.25) is 4.79 Å². The summed E-state index contributed by atoms with van der Waals surface area (Å²) in [6.45, 7) is 6.71. The first-order chi connectivity index (χ1) is 9.94. The van der Waals surface area contributed by atoms with Crippen molar-refractivity contribution in [3.05, 3.63) is 23.8 Å². The number of rotatable bonds is 4. The van der Waals surface area contributed by atoms with E-state index >= 15 is 0 Å². The quantitative estimate of drug-likeness (QED) is 0.894. The Balaban J connectivity index is 2.08. The molecule has 0 bridgehead atoms. The van der Waals surface area contributed by atoms with Crippen LogP contribution in [0.3, 0.4) is 0 Å². The van der Waals surface area contributed by atoms with Crippen LogP contribution in [0.2, 0.25) is 0 Å². The van der Waals surface area contributed by atoms with Crippen molar-refractivity contribution < 1.29 is 9.53 Å². The van der Waals surface area contributed by atoms with Gasteiger partial charge >= 0.3 is 0 Å². The van der Waals surface area contributed by atoms with Crippen LogP contribution in [0.1, 0.15) is 45.1 Å². The highest BCUT2D eigenvalue weighted by Gasteiger charge is 2.38. The van der Waals surface area contributed by atoms with Crippen molar-refractivity contribution in [2.45, 2.75) is 52.0 Å². The molecule has 4 heteroatoms. The fraction of sp³-hybridized carbons (Fsp3) is 0.588. The fourth-order valence-corrected chi connectivity index (χ4v) is 3.08. The van der Waals surface area contributed by atoms with E-state index in [1.807, 2.05) is 32.0 Å². The summed E-state index contributed by atoms with van der Waals surface area (Å²) in [5, 5.41) is 2.99. The largest absolute Gasteiger partial charge is 0.494 e. The van der Waals surface area contributed by atoms with Crippen molar-refractivity contribution >= 4 is 11.6 Å². The van der Waals surface area contributed by atoms with E-state index < -0.39 is 5.54 Å². The third-order valence-corrected chi connectivity index (χ3v) is 4.24. The number of carbonyl (C=O) groups excluding carboxylic acids is 1. The normalized spacial score (nSPS) is 25.4. The highest BCUT2D eigenvalue weighted by atomic mass is 16.5. The topological polar surface area (TPSA) is 64.3 Å². The number of carbonyl (C=O) groups is 1. The molecule has 116 valence electrons. The second-order valence-electron chi connectivity index (χ2n) is 6.22. The molecule has 1 saturated carbocycles. The number of hydrogen-bond acceptors (Lipinski definition) is 3. The summed E-state index contributed by atoms with van der Waals surface area (Å²) >= 11 is 0. The molecular formula is C17H26N2O2. The molecule has 1 aliphatic carbocycles. The molecule has 0 aromatic heterocycles. The van der Waals surface area contributed by atoms with Gasteiger partial charge < -0.3 is 15.8 Å². The molecule has 0 aliphatic heterocycles. The van der Waals surface area contributed by atoms with E-state index in [1.165, 1.54) is 0 Å². The van der Waals surface area contributed by atoms with Gasteiger partial charge in [0.05, 0.1) is 12.1 Å². The summed E-state index contributed by atoms with van der Waals surface area (Å²) in [6, 6.07) is 5.69. The molecule has 2 rings (SSSR count). The van der Waals surface area contributed by atoms with Gasteiger partial charge in [-0.2, -0.15) is 0 Å². The molecule has 4 nitrogen and oxygen atoms in total. The zero-order valence-corrected chi connectivity index (χ0v) is 13.2. The number of hydrogen-bond donors (Lipinski definition) is 2. The minimum Gasteiger partial charge on any atom is -0.494 e. The average Bonchev–Trinajstić information content (AvgIpc) is 2.42. The maximum absolute atomic E-state index is 12.5. The third kappa shape index (κ3) is 3.76. The Hall–Kier alpha value is -1.55. The van der Waals surface area contributed by atoms with E-state index in [0.717, 1.165) is 42.7 Å². The highest BCUT2D eigenvalue weighted by Crippen LogP contribution is 2.32. The van der Waals surface area contributed by atoms with E-state index in [9.17, 15) is 4.79 Å². The molecule has 1 amide bonds. The molecule has 2 atom stereocenters. The van der Waals surface area contributed by atoms with Gasteiger partial charge in [-0.05, 0) is 56.4 Å². The number of aryl methyl sites for hydroxylation is 1. The predicted octanol–water partition coefficient (Wildman–Crippen LogP) is 3.24. The second kappa shape index (κ2) is 6.48. The lowest BCUT2D eigenvalue weighted by molar-refractivity contribution is -0.122. The van der Waals surface area contributed by atoms with Gasteiger partial charge in [0, 0.05) is 5.69 Å². The van der Waals surface area contributed by atoms with E-state index in [1.54, 1.807) is 0 Å². The number of nitrogens with two attached hydrogens (primary N) is 1. The SMILES string of the molecule is CCOc1ccc(NC(=O)C2(N)CCCC(C)C2)c(C)c1. The van der Waals surface area contributed by atoms with Crippen molar-refractivity contribution in [3.63, 3.8) is 0 Å². The first-order valence-corrected chi connectivity index (χ1v) is 7.78. The van der Waals surface area contributed by atoms with Gasteiger partial charge in [0.25, 0.3) is 0 Å². The summed E-state index contributed by atoms with van der Waals surface area (Å²) in [5.74, 6) is 1.26. The Morgan fingerprint density at radius 1 is 1.52 bits per heavy atom. The van der Waals surface area contributed by atoms with Crippen molar-refractivity contribution in [2.24, 2.45) is 11.7 Å². The molecule has 21 heavy (non-hydrogen) atoms. The zero-order chi connectivity index (χ0) is 15.5. The molecule has 0 radical (unpaired) electrons. The lowest BCUT2D eigenvalue weighted by atomic mass is 9.76. The standard InChI is InChI=1S/C17H26N2O2/c1-4-21-14-7-8-15(13(3)10-14)19-16(20)17(18)9-5-6-12(2)11-17/h7-8,10,12H,4-6,9,11,18H2,1-3H3,(H,19,20). The maximum atomic E-state index is 12.5. The molecule has 1 aromatic carbocycles. The summed E-state index contributed by atoms with van der Waals surface area (Å²) in [4.78, 5) is 12.5. The fourth-order valence-electron chi connectivity index (χ4n) is 3.08. The smallest absolute Gasteiger partial charge is 0.244 e. The van der Waals surface area contributed by atoms with Gasteiger partial charge in [-0.1, -0.05) is 19.8 Å². The van der Waals surface area contributed by atoms with Crippen molar-refractivity contribution in [2.75, 3.05) is 11.9 Å². The van der Waals surface area contributed by atoms with E-state index in [0.29, 0.717) is 12.5 Å². The zero-order valence-electron chi connectivity index (χ0n) is 13.2. The first-order valence-electron chi connectivity index (χ1n) is 7.78. The molecule has 1 aliphatic rings. The summed E-state index contributed by atoms with van der Waals surface area (Å²) in [6.07, 6.45) is 3.70. The second-order valence-corrected chi connectivity index (χ2v) is 6.22. The number of nitrogens with one attached hydrogen (secondary N) is 1. The van der Waals surface area contributed by atoms with Crippen LogP contribution in [0.4, 0.5) is 5.69 Å². The van der Waals surface area contributed by atoms with Crippen LogP contribution in [0.5, 0.6) is 5.75 Å².